The van der Waals surface area contributed by atoms with Gasteiger partial charge in [0.05, 0.1) is 12.7 Å². The van der Waals surface area contributed by atoms with Crippen LogP contribution in [-0.2, 0) is 20.5 Å². The fourth-order valence-corrected chi connectivity index (χ4v) is 2.81. The number of alkyl halides is 3. The van der Waals surface area contributed by atoms with Crippen molar-refractivity contribution in [2.24, 2.45) is 0 Å². The van der Waals surface area contributed by atoms with E-state index in [4.69, 9.17) is 25.8 Å². The zero-order valence-electron chi connectivity index (χ0n) is 18.7. The Kier molecular flexibility index (Phi) is 9.94. The number of hydrogen-bond acceptors (Lipinski definition) is 7. The first kappa shape index (κ1) is 27.2. The van der Waals surface area contributed by atoms with Crippen molar-refractivity contribution in [3.05, 3.63) is 47.1 Å². The second-order valence-corrected chi connectivity index (χ2v) is 7.52. The van der Waals surface area contributed by atoms with Gasteiger partial charge in [-0.2, -0.15) is 13.2 Å². The molecule has 1 heterocycles. The van der Waals surface area contributed by atoms with Gasteiger partial charge in [-0.25, -0.2) is 9.78 Å². The molecule has 1 aromatic heterocycles. The molecule has 0 radical (unpaired) electrons. The molecule has 2 atom stereocenters. The maximum absolute atomic E-state index is 12.7. The second kappa shape index (κ2) is 12.4. The number of nitrogens with zero attached hydrogens (tertiary/aromatic N) is 1. The summed E-state index contributed by atoms with van der Waals surface area (Å²) >= 11 is 5.84. The van der Waals surface area contributed by atoms with Gasteiger partial charge in [0, 0.05) is 6.20 Å². The molecule has 0 aliphatic carbocycles. The van der Waals surface area contributed by atoms with Gasteiger partial charge in [-0.05, 0) is 50.2 Å². The van der Waals surface area contributed by atoms with Crippen molar-refractivity contribution in [3.8, 4) is 17.4 Å². The van der Waals surface area contributed by atoms with Crippen LogP contribution in [-0.4, -0.2) is 42.8 Å². The minimum absolute atomic E-state index is 0.194. The van der Waals surface area contributed by atoms with Gasteiger partial charge in [0.15, 0.2) is 12.3 Å². The number of hydrogen-bond donors (Lipinski definition) is 2. The van der Waals surface area contributed by atoms with Crippen LogP contribution in [0, 0.1) is 0 Å². The summed E-state index contributed by atoms with van der Waals surface area (Å²) in [6.07, 6.45) is -4.17. The normalized spacial score (nSPS) is 13.0. The molecule has 1 amide bonds. The number of unbranched alkanes of at least 4 members (excludes halogenated alkanes) is 1. The van der Waals surface area contributed by atoms with Gasteiger partial charge < -0.3 is 19.5 Å². The first-order chi connectivity index (χ1) is 16.0. The lowest BCUT2D eigenvalue weighted by Gasteiger charge is -2.21. The molecule has 0 aliphatic heterocycles. The third kappa shape index (κ3) is 8.07. The van der Waals surface area contributed by atoms with Gasteiger partial charge in [0.1, 0.15) is 16.5 Å². The molecule has 0 saturated heterocycles. The molecule has 0 saturated carbocycles. The summed E-state index contributed by atoms with van der Waals surface area (Å²) in [4.78, 5) is 27.9. The van der Waals surface area contributed by atoms with Crippen LogP contribution in [0.2, 0.25) is 5.02 Å². The highest BCUT2D eigenvalue weighted by atomic mass is 35.5. The molecule has 8 nitrogen and oxygen atoms in total. The minimum Gasteiger partial charge on any atom is -0.481 e. The fraction of sp³-hybridized carbons (Fsp3) is 0.409. The predicted molar refractivity (Wildman–Crippen MR) is 118 cm³/mol. The molecule has 0 bridgehead atoms. The number of carbonyl (C=O) groups is 2. The van der Waals surface area contributed by atoms with Crippen LogP contribution in [0.25, 0.3) is 0 Å². The number of amides is 1. The highest BCUT2D eigenvalue weighted by molar-refractivity contribution is 6.31. The van der Waals surface area contributed by atoms with E-state index < -0.39 is 35.9 Å². The van der Waals surface area contributed by atoms with Crippen LogP contribution < -0.4 is 20.1 Å². The van der Waals surface area contributed by atoms with Crippen LogP contribution in [0.4, 0.5) is 13.2 Å². The van der Waals surface area contributed by atoms with Gasteiger partial charge in [-0.3, -0.25) is 10.1 Å². The van der Waals surface area contributed by atoms with Gasteiger partial charge in [-0.15, -0.1) is 0 Å². The Balaban J connectivity index is 1.96. The minimum atomic E-state index is -4.57. The van der Waals surface area contributed by atoms with Crippen LogP contribution in [0.1, 0.15) is 32.3 Å². The predicted octanol–water partition coefficient (Wildman–Crippen LogP) is 4.32. The standard InChI is InChI=1S/C22H25ClF3N3O5/c1-4-5-10-27-18(21(31)32-3)29-19(30)13(2)33-15-6-8-16(9-7-15)34-20-17(23)11-14(12-28-20)22(24,25)26/h6-9,11-13,18,27H,4-5,10H2,1-3H3,(H,29,30). The summed E-state index contributed by atoms with van der Waals surface area (Å²) in [6.45, 7) is 4.02. The number of aromatic nitrogens is 1. The quantitative estimate of drug-likeness (QED) is 0.268. The molecular weight excluding hydrogens is 479 g/mol. The lowest BCUT2D eigenvalue weighted by atomic mass is 10.3. The summed E-state index contributed by atoms with van der Waals surface area (Å²) in [5, 5.41) is 5.15. The summed E-state index contributed by atoms with van der Waals surface area (Å²) in [5.41, 5.74) is -0.990. The summed E-state index contributed by atoms with van der Waals surface area (Å²) in [5.74, 6) is -0.811. The average Bonchev–Trinajstić information content (AvgIpc) is 2.79. The first-order valence-electron chi connectivity index (χ1n) is 10.3. The van der Waals surface area contributed by atoms with Crippen LogP contribution in [0.5, 0.6) is 17.4 Å². The van der Waals surface area contributed by atoms with E-state index in [2.05, 4.69) is 15.6 Å². The number of carbonyl (C=O) groups excluding carboxylic acids is 2. The zero-order valence-corrected chi connectivity index (χ0v) is 19.5. The lowest BCUT2D eigenvalue weighted by molar-refractivity contribution is -0.147. The van der Waals surface area contributed by atoms with E-state index in [1.54, 1.807) is 0 Å². The van der Waals surface area contributed by atoms with E-state index in [0.29, 0.717) is 18.5 Å². The van der Waals surface area contributed by atoms with Crippen molar-refractivity contribution >= 4 is 23.5 Å². The topological polar surface area (TPSA) is 98.8 Å². The molecule has 1 aromatic carbocycles. The number of esters is 1. The molecule has 2 rings (SSSR count). The highest BCUT2D eigenvalue weighted by Gasteiger charge is 2.32. The maximum Gasteiger partial charge on any atom is 0.417 e. The van der Waals surface area contributed by atoms with E-state index in [0.717, 1.165) is 18.9 Å². The highest BCUT2D eigenvalue weighted by Crippen LogP contribution is 2.34. The van der Waals surface area contributed by atoms with E-state index in [1.165, 1.54) is 38.3 Å². The maximum atomic E-state index is 12.7. The molecule has 186 valence electrons. The van der Waals surface area contributed by atoms with E-state index in [1.807, 2.05) is 6.92 Å². The Morgan fingerprint density at radius 1 is 1.18 bits per heavy atom. The molecular formula is C22H25ClF3N3O5. The molecule has 2 unspecified atom stereocenters. The van der Waals surface area contributed by atoms with Gasteiger partial charge in [-0.1, -0.05) is 24.9 Å². The smallest absolute Gasteiger partial charge is 0.417 e. The Labute approximate surface area is 199 Å². The van der Waals surface area contributed by atoms with Crippen LogP contribution in [0.3, 0.4) is 0 Å². The molecule has 0 spiro atoms. The van der Waals surface area contributed by atoms with E-state index >= 15 is 0 Å². The Hall–Kier alpha value is -3.05. The van der Waals surface area contributed by atoms with Crippen molar-refractivity contribution in [1.82, 2.24) is 15.6 Å². The molecule has 2 N–H and O–H groups in total. The van der Waals surface area contributed by atoms with Crippen molar-refractivity contribution in [3.63, 3.8) is 0 Å². The molecule has 2 aromatic rings. The van der Waals surface area contributed by atoms with Crippen LogP contribution >= 0.6 is 11.6 Å². The third-order valence-electron chi connectivity index (χ3n) is 4.46. The van der Waals surface area contributed by atoms with E-state index in [-0.39, 0.29) is 16.7 Å². The van der Waals surface area contributed by atoms with Gasteiger partial charge in [0.2, 0.25) is 5.88 Å². The summed E-state index contributed by atoms with van der Waals surface area (Å²) in [7, 11) is 1.22. The zero-order chi connectivity index (χ0) is 25.3. The Morgan fingerprint density at radius 3 is 2.38 bits per heavy atom. The molecule has 12 heteroatoms. The molecule has 0 aliphatic rings. The van der Waals surface area contributed by atoms with Crippen molar-refractivity contribution < 1.29 is 37.0 Å². The number of halogens is 4. The largest absolute Gasteiger partial charge is 0.481 e. The lowest BCUT2D eigenvalue weighted by Crippen LogP contribution is -2.54. The summed E-state index contributed by atoms with van der Waals surface area (Å²) < 4.78 is 53.9. The molecule has 34 heavy (non-hydrogen) atoms. The first-order valence-corrected chi connectivity index (χ1v) is 10.7. The Bertz CT molecular complexity index is 973. The van der Waals surface area contributed by atoms with E-state index in [9.17, 15) is 22.8 Å². The fourth-order valence-electron chi connectivity index (χ4n) is 2.60. The van der Waals surface area contributed by atoms with Gasteiger partial charge in [0.25, 0.3) is 5.91 Å². The number of ether oxygens (including phenoxy) is 3. The number of rotatable bonds is 11. The SMILES string of the molecule is CCCCNC(NC(=O)C(C)Oc1ccc(Oc2ncc(C(F)(F)F)cc2Cl)cc1)C(=O)OC. The van der Waals surface area contributed by atoms with Gasteiger partial charge >= 0.3 is 12.1 Å². The number of benzene rings is 1. The molecule has 0 fully saturated rings. The van der Waals surface area contributed by atoms with Crippen molar-refractivity contribution in [1.29, 1.82) is 0 Å². The average molecular weight is 504 g/mol. The number of pyridine rings is 1. The second-order valence-electron chi connectivity index (χ2n) is 7.11. The van der Waals surface area contributed by atoms with Crippen molar-refractivity contribution in [2.75, 3.05) is 13.7 Å². The van der Waals surface area contributed by atoms with Crippen LogP contribution in [0.15, 0.2) is 36.5 Å². The third-order valence-corrected chi connectivity index (χ3v) is 4.73. The summed E-state index contributed by atoms with van der Waals surface area (Å²) in [6, 6.07) is 6.65. The number of nitrogens with one attached hydrogen (secondary N) is 2. The number of methoxy groups -OCH3 is 1. The monoisotopic (exact) mass is 503 g/mol. The Morgan fingerprint density at radius 2 is 1.82 bits per heavy atom. The van der Waals surface area contributed by atoms with Crippen molar-refractivity contribution in [2.45, 2.75) is 45.1 Å².